The van der Waals surface area contributed by atoms with Crippen LogP contribution in [0.2, 0.25) is 0 Å². The van der Waals surface area contributed by atoms with Crippen LogP contribution in [0, 0.1) is 17.0 Å². The summed E-state index contributed by atoms with van der Waals surface area (Å²) in [7, 11) is 2.02. The minimum absolute atomic E-state index is 0.0916. The summed E-state index contributed by atoms with van der Waals surface area (Å²) < 4.78 is 15.7. The zero-order valence-corrected chi connectivity index (χ0v) is 13.4. The van der Waals surface area contributed by atoms with E-state index in [0.717, 1.165) is 25.9 Å². The van der Waals surface area contributed by atoms with Gasteiger partial charge < -0.3 is 18.6 Å². The molecule has 0 spiro atoms. The smallest absolute Gasteiger partial charge is 0.433 e. The second-order valence-electron chi connectivity index (χ2n) is 5.77. The Morgan fingerprint density at radius 3 is 2.75 bits per heavy atom. The molecule has 1 fully saturated rings. The summed E-state index contributed by atoms with van der Waals surface area (Å²) in [5.41, 5.74) is 0.247. The van der Waals surface area contributed by atoms with Gasteiger partial charge in [-0.3, -0.25) is 10.1 Å². The largest absolute Gasteiger partial charge is 0.459 e. The van der Waals surface area contributed by atoms with E-state index in [1.165, 1.54) is 12.1 Å². The highest BCUT2D eigenvalue weighted by Crippen LogP contribution is 2.30. The van der Waals surface area contributed by atoms with Crippen molar-refractivity contribution < 1.29 is 23.4 Å². The van der Waals surface area contributed by atoms with Crippen molar-refractivity contribution >= 4 is 11.9 Å². The van der Waals surface area contributed by atoms with Gasteiger partial charge in [0, 0.05) is 13.1 Å². The third-order valence-corrected chi connectivity index (χ3v) is 4.01. The maximum absolute atomic E-state index is 12.5. The van der Waals surface area contributed by atoms with Crippen LogP contribution in [0.3, 0.4) is 0 Å². The van der Waals surface area contributed by atoms with Crippen molar-refractivity contribution in [1.29, 1.82) is 0 Å². The number of rotatable bonds is 4. The first-order chi connectivity index (χ1) is 11.5. The third kappa shape index (κ3) is 3.16. The van der Waals surface area contributed by atoms with Gasteiger partial charge in [0.1, 0.15) is 22.4 Å². The maximum Gasteiger partial charge on any atom is 0.433 e. The molecule has 24 heavy (non-hydrogen) atoms. The highest BCUT2D eigenvalue weighted by Gasteiger charge is 2.29. The van der Waals surface area contributed by atoms with Crippen molar-refractivity contribution in [2.24, 2.45) is 0 Å². The second kappa shape index (κ2) is 6.44. The van der Waals surface area contributed by atoms with Gasteiger partial charge in [0.25, 0.3) is 0 Å². The number of likely N-dealkylation sites (tertiary alicyclic amines) is 1. The zero-order valence-electron chi connectivity index (χ0n) is 13.4. The Morgan fingerprint density at radius 1 is 1.42 bits per heavy atom. The Hall–Kier alpha value is -2.68. The average Bonchev–Trinajstić information content (AvgIpc) is 3.16. The van der Waals surface area contributed by atoms with E-state index in [-0.39, 0.29) is 28.9 Å². The summed E-state index contributed by atoms with van der Waals surface area (Å²) in [4.78, 5) is 24.7. The number of furan rings is 1. The lowest BCUT2D eigenvalue weighted by Crippen LogP contribution is -2.35. The number of nitrogens with zero attached hydrogens (tertiary/aromatic N) is 3. The molecule has 0 radical (unpaired) electrons. The van der Waals surface area contributed by atoms with Crippen LogP contribution in [0.5, 0.6) is 0 Å². The fourth-order valence-electron chi connectivity index (χ4n) is 2.65. The van der Waals surface area contributed by atoms with Crippen LogP contribution in [-0.2, 0) is 4.74 Å². The second-order valence-corrected chi connectivity index (χ2v) is 5.77. The fourth-order valence-corrected chi connectivity index (χ4v) is 2.65. The average molecular weight is 335 g/mol. The van der Waals surface area contributed by atoms with Crippen molar-refractivity contribution in [2.45, 2.75) is 25.9 Å². The van der Waals surface area contributed by atoms with E-state index in [1.54, 1.807) is 6.92 Å². The molecule has 9 nitrogen and oxygen atoms in total. The molecule has 9 heteroatoms. The molecule has 0 atom stereocenters. The number of aromatic nitrogens is 1. The lowest BCUT2D eigenvalue weighted by molar-refractivity contribution is -0.401. The highest BCUT2D eigenvalue weighted by molar-refractivity contribution is 5.96. The molecule has 1 saturated heterocycles. The summed E-state index contributed by atoms with van der Waals surface area (Å²) in [5, 5.41) is 14.5. The van der Waals surface area contributed by atoms with E-state index in [0.29, 0.717) is 0 Å². The highest BCUT2D eigenvalue weighted by atomic mass is 16.6. The van der Waals surface area contributed by atoms with Gasteiger partial charge in [0.2, 0.25) is 0 Å². The minimum Gasteiger partial charge on any atom is -0.459 e. The number of piperidine rings is 1. The van der Waals surface area contributed by atoms with E-state index in [4.69, 9.17) is 13.7 Å². The molecule has 2 aromatic heterocycles. The van der Waals surface area contributed by atoms with E-state index >= 15 is 0 Å². The summed E-state index contributed by atoms with van der Waals surface area (Å²) in [6.45, 7) is 3.30. The van der Waals surface area contributed by atoms with Gasteiger partial charge in [-0.15, -0.1) is 0 Å². The first-order valence-corrected chi connectivity index (χ1v) is 7.56. The Bertz CT molecular complexity index is 757. The first kappa shape index (κ1) is 16.2. The number of hydrogen-bond acceptors (Lipinski definition) is 8. The molecule has 0 aliphatic carbocycles. The van der Waals surface area contributed by atoms with Crippen molar-refractivity contribution in [3.8, 4) is 11.5 Å². The molecule has 3 rings (SSSR count). The zero-order chi connectivity index (χ0) is 17.3. The van der Waals surface area contributed by atoms with Crippen LogP contribution in [0.4, 0.5) is 5.88 Å². The molecule has 128 valence electrons. The lowest BCUT2D eigenvalue weighted by Gasteiger charge is -2.28. The molecule has 3 heterocycles. The van der Waals surface area contributed by atoms with E-state index in [1.807, 2.05) is 7.05 Å². The van der Waals surface area contributed by atoms with Gasteiger partial charge in [0.05, 0.1) is 6.07 Å². The number of carbonyl (C=O) groups is 1. The number of carbonyl (C=O) groups excluding carboxylic acids is 1. The number of nitro groups is 1. The Balaban J connectivity index is 1.81. The van der Waals surface area contributed by atoms with Gasteiger partial charge in [-0.25, -0.2) is 4.79 Å². The molecule has 0 aromatic carbocycles. The van der Waals surface area contributed by atoms with E-state index in [2.05, 4.69) is 10.1 Å². The van der Waals surface area contributed by atoms with Gasteiger partial charge in [-0.1, -0.05) is 5.16 Å². The van der Waals surface area contributed by atoms with Gasteiger partial charge >= 0.3 is 11.9 Å². The Labute approximate surface area is 137 Å². The molecular formula is C15H17N3O6. The van der Waals surface area contributed by atoms with Crippen LogP contribution in [0.25, 0.3) is 11.5 Å². The number of hydrogen-bond donors (Lipinski definition) is 0. The predicted octanol–water partition coefficient (Wildman–Crippen LogP) is 2.40. The van der Waals surface area contributed by atoms with Crippen molar-refractivity contribution in [2.75, 3.05) is 20.1 Å². The van der Waals surface area contributed by atoms with Crippen LogP contribution < -0.4 is 0 Å². The number of esters is 1. The lowest BCUT2D eigenvalue weighted by atomic mass is 10.1. The molecule has 0 N–H and O–H groups in total. The normalized spacial score (nSPS) is 16.2. The van der Waals surface area contributed by atoms with Crippen molar-refractivity contribution in [1.82, 2.24) is 10.1 Å². The number of ether oxygens (including phenoxy) is 1. The molecule has 0 saturated carbocycles. The Morgan fingerprint density at radius 2 is 2.12 bits per heavy atom. The van der Waals surface area contributed by atoms with E-state index < -0.39 is 16.8 Å². The first-order valence-electron chi connectivity index (χ1n) is 7.56. The minimum atomic E-state index is -0.660. The molecular weight excluding hydrogens is 318 g/mol. The maximum atomic E-state index is 12.5. The summed E-state index contributed by atoms with van der Waals surface area (Å²) in [5.74, 6) is -0.617. The number of aryl methyl sites for hydroxylation is 1. The van der Waals surface area contributed by atoms with Crippen LogP contribution >= 0.6 is 0 Å². The SMILES string of the molecule is Cc1onc(-c2ccc([N+](=O)[O-])o2)c1C(=O)OC1CCN(C)CC1. The van der Waals surface area contributed by atoms with Gasteiger partial charge in [-0.05, 0) is 32.9 Å². The van der Waals surface area contributed by atoms with Crippen LogP contribution in [0.15, 0.2) is 21.1 Å². The Kier molecular flexibility index (Phi) is 4.34. The van der Waals surface area contributed by atoms with Crippen LogP contribution in [-0.4, -0.2) is 47.2 Å². The standard InChI is InChI=1S/C15H17N3O6/c1-9-13(15(19)22-10-5-7-17(2)8-6-10)14(16-24-9)11-3-4-12(23-11)18(20)21/h3-4,10H,5-8H2,1-2H3. The van der Waals surface area contributed by atoms with Gasteiger partial charge in [-0.2, -0.15) is 0 Å². The molecule has 0 amide bonds. The summed E-state index contributed by atoms with van der Waals surface area (Å²) in [6.07, 6.45) is 1.35. The predicted molar refractivity (Wildman–Crippen MR) is 81.5 cm³/mol. The summed E-state index contributed by atoms with van der Waals surface area (Å²) >= 11 is 0. The molecule has 2 aromatic rings. The molecule has 0 unspecified atom stereocenters. The third-order valence-electron chi connectivity index (χ3n) is 4.01. The molecule has 1 aliphatic rings. The van der Waals surface area contributed by atoms with Gasteiger partial charge in [0.15, 0.2) is 11.5 Å². The molecule has 1 aliphatic heterocycles. The van der Waals surface area contributed by atoms with Crippen molar-refractivity contribution in [3.63, 3.8) is 0 Å². The summed E-state index contributed by atoms with van der Waals surface area (Å²) in [6, 6.07) is 2.58. The monoisotopic (exact) mass is 335 g/mol. The quantitative estimate of drug-likeness (QED) is 0.475. The fraction of sp³-hybridized carbons (Fsp3) is 0.467. The molecule has 0 bridgehead atoms. The van der Waals surface area contributed by atoms with Crippen LogP contribution in [0.1, 0.15) is 29.0 Å². The van der Waals surface area contributed by atoms with Crippen molar-refractivity contribution in [3.05, 3.63) is 33.6 Å². The van der Waals surface area contributed by atoms with E-state index in [9.17, 15) is 14.9 Å². The topological polar surface area (TPSA) is 112 Å².